The Morgan fingerprint density at radius 2 is 0.960 bits per heavy atom. The molecule has 5 saturated heterocycles. The molecular weight excluding hydrogens is 352 g/mol. The van der Waals surface area contributed by atoms with Crippen molar-refractivity contribution < 1.29 is 20.1 Å². The highest BCUT2D eigenvalue weighted by molar-refractivity contribution is 5.10. The van der Waals surface area contributed by atoms with Gasteiger partial charge in [0.2, 0.25) is 0 Å². The molecule has 6 bridgehead atoms. The molecule has 0 amide bonds. The molecular formula is C7H10N10O8. The molecule has 18 heteroatoms. The van der Waals surface area contributed by atoms with Crippen LogP contribution in [0, 0.1) is 40.5 Å². The number of nitrogens with zero attached hydrogens (tertiary/aromatic N) is 9. The maximum Gasteiger partial charge on any atom is 0.271 e. The SMILES string of the molecule is CN1C2C3NC4C1N([N+](=O)[O-])C(C(N3[N+](=O)[O-])N2[N+](=O)[O-])N4[N+](=O)[O-]. The van der Waals surface area contributed by atoms with Crippen LogP contribution in [0.15, 0.2) is 0 Å². The Bertz CT molecular complexity index is 647. The Hall–Kier alpha value is -3.28. The first-order valence-electron chi connectivity index (χ1n) is 6.87. The Morgan fingerprint density at radius 1 is 0.640 bits per heavy atom. The molecule has 18 nitrogen and oxygen atoms in total. The molecule has 5 aliphatic rings. The lowest BCUT2D eigenvalue weighted by atomic mass is 10.2. The summed E-state index contributed by atoms with van der Waals surface area (Å²) in [6.07, 6.45) is -8.62. The molecule has 25 heavy (non-hydrogen) atoms. The lowest BCUT2D eigenvalue weighted by Crippen LogP contribution is -2.73. The summed E-state index contributed by atoms with van der Waals surface area (Å²) in [7, 11) is 1.30. The summed E-state index contributed by atoms with van der Waals surface area (Å²) in [6.45, 7) is 0. The second kappa shape index (κ2) is 4.42. The number of hydrogen-bond acceptors (Lipinski definition) is 10. The summed E-state index contributed by atoms with van der Waals surface area (Å²) in [5, 5.41) is 46.6. The van der Waals surface area contributed by atoms with Crippen molar-refractivity contribution in [3.05, 3.63) is 40.5 Å². The zero-order valence-corrected chi connectivity index (χ0v) is 12.3. The molecule has 5 rings (SSSR count). The normalized spacial score (nSPS) is 38.4. The van der Waals surface area contributed by atoms with Crippen molar-refractivity contribution in [2.75, 3.05) is 7.05 Å². The van der Waals surface area contributed by atoms with Crippen LogP contribution >= 0.6 is 0 Å². The van der Waals surface area contributed by atoms with Crippen molar-refractivity contribution in [3.63, 3.8) is 0 Å². The van der Waals surface area contributed by atoms with Crippen LogP contribution in [0.5, 0.6) is 0 Å². The average Bonchev–Trinajstić information content (AvgIpc) is 2.92. The molecule has 0 radical (unpaired) electrons. The van der Waals surface area contributed by atoms with E-state index >= 15 is 0 Å². The van der Waals surface area contributed by atoms with Crippen molar-refractivity contribution in [2.45, 2.75) is 37.0 Å². The Morgan fingerprint density at radius 3 is 1.24 bits per heavy atom. The molecule has 0 aromatic carbocycles. The maximum absolute atomic E-state index is 11.5. The third-order valence-electron chi connectivity index (χ3n) is 4.96. The van der Waals surface area contributed by atoms with Gasteiger partial charge in [-0.3, -0.25) is 10.2 Å². The summed E-state index contributed by atoms with van der Waals surface area (Å²) in [6, 6.07) is 0. The van der Waals surface area contributed by atoms with Crippen molar-refractivity contribution >= 4 is 0 Å². The summed E-state index contributed by atoms with van der Waals surface area (Å²) in [5.74, 6) is 0. The van der Waals surface area contributed by atoms with E-state index in [4.69, 9.17) is 0 Å². The van der Waals surface area contributed by atoms with E-state index in [1.807, 2.05) is 0 Å². The minimum absolute atomic E-state index is 0.428. The van der Waals surface area contributed by atoms with E-state index in [0.29, 0.717) is 20.0 Å². The summed E-state index contributed by atoms with van der Waals surface area (Å²) >= 11 is 0. The maximum atomic E-state index is 11.5. The average molecular weight is 362 g/mol. The van der Waals surface area contributed by atoms with Gasteiger partial charge in [0, 0.05) is 0 Å². The fourth-order valence-electron chi connectivity index (χ4n) is 4.25. The van der Waals surface area contributed by atoms with Gasteiger partial charge < -0.3 is 0 Å². The third kappa shape index (κ3) is 1.54. The standard InChI is InChI=1S/C7H10N10O8/c1-9-4-2-8-3-5(9)13(17(24)25)7(11(3)15(20)21)6(10(2)14(18)19)12(4)16(22)23/h2-8H,1H3. The fraction of sp³-hybridized carbons (Fsp3) is 1.00. The van der Waals surface area contributed by atoms with Gasteiger partial charge >= 0.3 is 0 Å². The highest BCUT2D eigenvalue weighted by Crippen LogP contribution is 2.46. The van der Waals surface area contributed by atoms with Crippen molar-refractivity contribution in [3.8, 4) is 0 Å². The van der Waals surface area contributed by atoms with Crippen molar-refractivity contribution in [1.82, 2.24) is 30.3 Å². The summed E-state index contributed by atoms with van der Waals surface area (Å²) < 4.78 is 0. The molecule has 5 fully saturated rings. The van der Waals surface area contributed by atoms with Gasteiger partial charge in [0.1, 0.15) is 0 Å². The summed E-state index contributed by atoms with van der Waals surface area (Å²) in [4.78, 5) is 47.2. The minimum atomic E-state index is -1.84. The van der Waals surface area contributed by atoms with E-state index in [9.17, 15) is 40.5 Å². The number of rotatable bonds is 4. The topological polar surface area (TPSA) is 201 Å². The third-order valence-corrected chi connectivity index (χ3v) is 4.96. The van der Waals surface area contributed by atoms with Gasteiger partial charge in [0.25, 0.3) is 12.3 Å². The second-order valence-corrected chi connectivity index (χ2v) is 5.85. The number of hydrogen-bond donors (Lipinski definition) is 1. The van der Waals surface area contributed by atoms with Crippen molar-refractivity contribution in [1.29, 1.82) is 0 Å². The largest absolute Gasteiger partial charge is 0.271 e. The molecule has 136 valence electrons. The lowest BCUT2D eigenvalue weighted by Gasteiger charge is -2.41. The zero-order chi connectivity index (χ0) is 18.4. The van der Waals surface area contributed by atoms with Crippen LogP contribution in [-0.2, 0) is 0 Å². The number of nitro groups is 4. The van der Waals surface area contributed by atoms with E-state index in [0.717, 1.165) is 0 Å². The first-order chi connectivity index (χ1) is 11.7. The zero-order valence-electron chi connectivity index (χ0n) is 12.3. The molecule has 5 heterocycles. The number of piperazine rings is 1. The van der Waals surface area contributed by atoms with Crippen molar-refractivity contribution in [2.24, 2.45) is 0 Å². The van der Waals surface area contributed by atoms with E-state index < -0.39 is 57.1 Å². The van der Waals surface area contributed by atoms with Gasteiger partial charge in [-0.05, 0) is 7.05 Å². The first-order valence-corrected chi connectivity index (χ1v) is 6.87. The Balaban J connectivity index is 1.98. The van der Waals surface area contributed by atoms with Crippen LogP contribution in [0.4, 0.5) is 0 Å². The molecule has 0 spiro atoms. The van der Waals surface area contributed by atoms with E-state index in [1.54, 1.807) is 0 Å². The van der Waals surface area contributed by atoms with Crippen LogP contribution in [0.2, 0.25) is 0 Å². The second-order valence-electron chi connectivity index (χ2n) is 5.85. The molecule has 6 unspecified atom stereocenters. The molecule has 1 N–H and O–H groups in total. The Kier molecular flexibility index (Phi) is 2.69. The quantitative estimate of drug-likeness (QED) is 0.381. The van der Waals surface area contributed by atoms with Crippen LogP contribution in [0.3, 0.4) is 0 Å². The highest BCUT2D eigenvalue weighted by Gasteiger charge is 2.81. The smallest absolute Gasteiger partial charge is 0.261 e. The number of likely N-dealkylation sites (N-methyl/N-ethyl adjacent to an activating group) is 1. The van der Waals surface area contributed by atoms with E-state index in [1.165, 1.54) is 11.9 Å². The van der Waals surface area contributed by atoms with E-state index in [-0.39, 0.29) is 0 Å². The Labute approximate surface area is 136 Å². The highest BCUT2D eigenvalue weighted by atomic mass is 16.7. The number of nitrogens with one attached hydrogen (secondary N) is 1. The van der Waals surface area contributed by atoms with Gasteiger partial charge in [0.15, 0.2) is 44.8 Å². The predicted molar refractivity (Wildman–Crippen MR) is 69.0 cm³/mol. The number of hydrazine groups is 4. The monoisotopic (exact) mass is 362 g/mol. The molecule has 5 aliphatic heterocycles. The van der Waals surface area contributed by atoms with Crippen LogP contribution < -0.4 is 5.32 Å². The first kappa shape index (κ1) is 15.3. The molecule has 0 aliphatic carbocycles. The van der Waals surface area contributed by atoms with Gasteiger partial charge in [-0.1, -0.05) is 20.0 Å². The van der Waals surface area contributed by atoms with Gasteiger partial charge in [-0.25, -0.2) is 40.5 Å². The lowest BCUT2D eigenvalue weighted by molar-refractivity contribution is -0.746. The van der Waals surface area contributed by atoms with E-state index in [2.05, 4.69) is 5.32 Å². The molecule has 0 aromatic heterocycles. The van der Waals surface area contributed by atoms with Crippen LogP contribution in [0.1, 0.15) is 0 Å². The summed E-state index contributed by atoms with van der Waals surface area (Å²) in [5.41, 5.74) is 0. The van der Waals surface area contributed by atoms with Gasteiger partial charge in [-0.2, -0.15) is 0 Å². The predicted octanol–water partition coefficient (Wildman–Crippen LogP) is -3.51. The minimum Gasteiger partial charge on any atom is -0.261 e. The molecule has 0 aromatic rings. The fourth-order valence-corrected chi connectivity index (χ4v) is 4.25. The van der Waals surface area contributed by atoms with Crippen LogP contribution in [0.25, 0.3) is 0 Å². The van der Waals surface area contributed by atoms with Gasteiger partial charge in [0.05, 0.1) is 0 Å². The molecule has 0 saturated carbocycles. The van der Waals surface area contributed by atoms with Crippen LogP contribution in [-0.4, -0.2) is 89.1 Å². The van der Waals surface area contributed by atoms with Gasteiger partial charge in [-0.15, -0.1) is 0 Å². The molecule has 6 atom stereocenters.